The molecule has 1 fully saturated rings. The number of carbonyl (C=O) groups is 4. The van der Waals surface area contributed by atoms with Crippen molar-refractivity contribution in [2.24, 2.45) is 29.8 Å². The van der Waals surface area contributed by atoms with Crippen LogP contribution in [-0.4, -0.2) is 47.6 Å². The number of aryl methyl sites for hydroxylation is 1. The summed E-state index contributed by atoms with van der Waals surface area (Å²) in [6.07, 6.45) is 14.7. The molecule has 8 N–H and O–H groups in total. The van der Waals surface area contributed by atoms with E-state index in [4.69, 9.17) is 16.9 Å². The van der Waals surface area contributed by atoms with Gasteiger partial charge in [0.25, 0.3) is 0 Å². The van der Waals surface area contributed by atoms with Gasteiger partial charge < -0.3 is 27.4 Å². The third kappa shape index (κ3) is 9.26. The first-order chi connectivity index (χ1) is 19.4. The van der Waals surface area contributed by atoms with Crippen molar-refractivity contribution < 1.29 is 23.7 Å². The molecule has 1 saturated carbocycles. The van der Waals surface area contributed by atoms with Crippen LogP contribution in [0.25, 0.3) is 0 Å². The predicted octanol–water partition coefficient (Wildman–Crippen LogP) is 0.812. The maximum atomic E-state index is 13.7. The lowest BCUT2D eigenvalue weighted by atomic mass is 9.76. The number of nitrogens with two attached hydrogens (primary N) is 2. The van der Waals surface area contributed by atoms with Gasteiger partial charge >= 0.3 is 0 Å². The van der Waals surface area contributed by atoms with Gasteiger partial charge in [0.05, 0.1) is 0 Å². The molecule has 1 aromatic heterocycles. The van der Waals surface area contributed by atoms with E-state index in [1.165, 1.54) is 6.92 Å². The van der Waals surface area contributed by atoms with Gasteiger partial charge in [0.15, 0.2) is 12.4 Å². The summed E-state index contributed by atoms with van der Waals surface area (Å²) in [5.74, 6) is -2.10. The third-order valence-corrected chi connectivity index (χ3v) is 7.93. The van der Waals surface area contributed by atoms with Gasteiger partial charge in [-0.05, 0) is 43.1 Å². The van der Waals surface area contributed by atoms with Gasteiger partial charge in [-0.25, -0.2) is 4.57 Å². The smallest absolute Gasteiger partial charge is 0.243 e. The first kappa shape index (κ1) is 31.5. The highest BCUT2D eigenvalue weighted by Gasteiger charge is 2.37. The summed E-state index contributed by atoms with van der Waals surface area (Å²) in [5, 5.41) is 16.1. The normalized spacial score (nSPS) is 21.1. The molecule has 0 radical (unpaired) electrons. The van der Waals surface area contributed by atoms with Crippen LogP contribution in [0.2, 0.25) is 0 Å². The zero-order chi connectivity index (χ0) is 30.2. The Kier molecular flexibility index (Phi) is 10.8. The molecule has 0 saturated heterocycles. The number of amidine groups is 1. The lowest BCUT2D eigenvalue weighted by Crippen LogP contribution is -2.59. The van der Waals surface area contributed by atoms with E-state index < -0.39 is 41.3 Å². The minimum absolute atomic E-state index is 0.0313. The summed E-state index contributed by atoms with van der Waals surface area (Å²) >= 11 is 0. The molecule has 3 rings (SSSR count). The number of hydrogen-bond acceptors (Lipinski definition) is 5. The van der Waals surface area contributed by atoms with Crippen LogP contribution in [0.1, 0.15) is 64.4 Å². The average Bonchev–Trinajstić information content (AvgIpc) is 2.91. The molecule has 0 aliphatic heterocycles. The highest BCUT2D eigenvalue weighted by atomic mass is 16.2. The van der Waals surface area contributed by atoms with Crippen LogP contribution in [0.15, 0.2) is 48.3 Å². The molecule has 0 bridgehead atoms. The molecule has 1 aromatic rings. The van der Waals surface area contributed by atoms with Gasteiger partial charge in [0, 0.05) is 30.5 Å². The minimum atomic E-state index is -0.951. The molecular weight excluding hydrogens is 522 g/mol. The summed E-state index contributed by atoms with van der Waals surface area (Å²) in [5.41, 5.74) is 12.2. The Balaban J connectivity index is 1.79. The van der Waals surface area contributed by atoms with Gasteiger partial charge in [0.2, 0.25) is 23.6 Å². The van der Waals surface area contributed by atoms with Crippen molar-refractivity contribution in [1.82, 2.24) is 16.0 Å². The third-order valence-electron chi connectivity index (χ3n) is 7.93. The second kappa shape index (κ2) is 14.0. The number of rotatable bonds is 12. The number of nitrogens with zero attached hydrogens (tertiary/aromatic N) is 1. The topological polar surface area (TPSA) is 184 Å². The monoisotopic (exact) mass is 566 g/mol. The quantitative estimate of drug-likeness (QED) is 0.124. The SMILES string of the molecule is CC(=O)N[C@@H](CC1(C)C=CC(C(=N)N)=CC1)C(=O)NC(C(=O)N[C@@H](Cc1ccc[n+](C)c1)C(N)=O)C1CCCCC1. The van der Waals surface area contributed by atoms with Crippen molar-refractivity contribution in [3.63, 3.8) is 0 Å². The average molecular weight is 567 g/mol. The van der Waals surface area contributed by atoms with Gasteiger partial charge in [-0.2, -0.15) is 0 Å². The summed E-state index contributed by atoms with van der Waals surface area (Å²) in [6.45, 7) is 3.31. The Bertz CT molecular complexity index is 1220. The summed E-state index contributed by atoms with van der Waals surface area (Å²) < 4.78 is 1.85. The zero-order valence-corrected chi connectivity index (χ0v) is 24.2. The van der Waals surface area contributed by atoms with E-state index in [9.17, 15) is 19.2 Å². The Hall–Kier alpha value is -4.02. The van der Waals surface area contributed by atoms with Crippen molar-refractivity contribution in [2.45, 2.75) is 83.3 Å². The summed E-state index contributed by atoms with van der Waals surface area (Å²) in [6, 6.07) is 0.972. The molecule has 2 aliphatic rings. The second-order valence-electron chi connectivity index (χ2n) is 11.7. The van der Waals surface area contributed by atoms with Crippen LogP contribution in [0.3, 0.4) is 0 Å². The summed E-state index contributed by atoms with van der Waals surface area (Å²) in [4.78, 5) is 51.8. The Morgan fingerprint density at radius 2 is 1.78 bits per heavy atom. The van der Waals surface area contributed by atoms with Crippen LogP contribution >= 0.6 is 0 Å². The van der Waals surface area contributed by atoms with E-state index in [1.807, 2.05) is 55.2 Å². The number of primary amides is 1. The number of allylic oxidation sites excluding steroid dienone is 2. The Morgan fingerprint density at radius 1 is 1.07 bits per heavy atom. The molecule has 222 valence electrons. The van der Waals surface area contributed by atoms with E-state index in [0.717, 1.165) is 37.7 Å². The minimum Gasteiger partial charge on any atom is -0.384 e. The number of pyridine rings is 1. The largest absolute Gasteiger partial charge is 0.384 e. The lowest BCUT2D eigenvalue weighted by molar-refractivity contribution is -0.671. The molecule has 41 heavy (non-hydrogen) atoms. The van der Waals surface area contributed by atoms with Crippen molar-refractivity contribution >= 4 is 29.5 Å². The molecule has 2 aliphatic carbocycles. The maximum absolute atomic E-state index is 13.7. The Labute approximate surface area is 241 Å². The number of amides is 4. The van der Waals surface area contributed by atoms with Crippen LogP contribution < -0.4 is 32.0 Å². The van der Waals surface area contributed by atoms with Crippen LogP contribution in [-0.2, 0) is 32.6 Å². The van der Waals surface area contributed by atoms with Crippen LogP contribution in [0, 0.1) is 16.7 Å². The summed E-state index contributed by atoms with van der Waals surface area (Å²) in [7, 11) is 1.86. The molecule has 4 amide bonds. The second-order valence-corrected chi connectivity index (χ2v) is 11.7. The van der Waals surface area contributed by atoms with Crippen molar-refractivity contribution in [1.29, 1.82) is 5.41 Å². The van der Waals surface area contributed by atoms with E-state index in [1.54, 1.807) is 6.08 Å². The zero-order valence-electron chi connectivity index (χ0n) is 24.2. The van der Waals surface area contributed by atoms with Gasteiger partial charge in [-0.3, -0.25) is 24.6 Å². The van der Waals surface area contributed by atoms with Crippen molar-refractivity contribution in [3.8, 4) is 0 Å². The molecule has 11 nitrogen and oxygen atoms in total. The molecular formula is C30H44N7O4+. The van der Waals surface area contributed by atoms with E-state index in [0.29, 0.717) is 12.0 Å². The van der Waals surface area contributed by atoms with Crippen molar-refractivity contribution in [2.75, 3.05) is 0 Å². The van der Waals surface area contributed by atoms with Crippen LogP contribution in [0.4, 0.5) is 0 Å². The highest BCUT2D eigenvalue weighted by Crippen LogP contribution is 2.34. The number of aromatic nitrogens is 1. The standard InChI is InChI=1S/C30H43N7O4/c1-19(38)34-24(17-30(2)13-11-22(12-14-30)26(31)32)28(40)36-25(21-9-5-4-6-10-21)29(41)35-23(27(33)39)16-20-8-7-15-37(3)18-20/h7-8,11-13,15,18,21,23-25H,4-6,9-10,14,16-17H2,1-3H3,(H7-,31,32,33,34,35,36,38,39,40,41)/p+1/t23-,24-,25?,30?/m0/s1. The van der Waals surface area contributed by atoms with Gasteiger partial charge in [-0.1, -0.05) is 44.4 Å². The first-order valence-electron chi connectivity index (χ1n) is 14.2. The number of nitrogens with one attached hydrogen (secondary N) is 4. The fourth-order valence-corrected chi connectivity index (χ4v) is 5.65. The molecule has 1 heterocycles. The molecule has 0 spiro atoms. The highest BCUT2D eigenvalue weighted by molar-refractivity contribution is 5.97. The van der Waals surface area contributed by atoms with Crippen LogP contribution in [0.5, 0.6) is 0 Å². The predicted molar refractivity (Wildman–Crippen MR) is 155 cm³/mol. The Morgan fingerprint density at radius 3 is 2.34 bits per heavy atom. The van der Waals surface area contributed by atoms with Crippen molar-refractivity contribution in [3.05, 3.63) is 53.9 Å². The molecule has 11 heteroatoms. The first-order valence-corrected chi connectivity index (χ1v) is 14.2. The number of hydrogen-bond donors (Lipinski definition) is 6. The molecule has 2 unspecified atom stereocenters. The van der Waals surface area contributed by atoms with E-state index in [-0.39, 0.29) is 30.5 Å². The van der Waals surface area contributed by atoms with E-state index in [2.05, 4.69) is 16.0 Å². The van der Waals surface area contributed by atoms with Gasteiger partial charge in [0.1, 0.15) is 31.0 Å². The van der Waals surface area contributed by atoms with E-state index >= 15 is 0 Å². The molecule has 0 aromatic carbocycles. The fourth-order valence-electron chi connectivity index (χ4n) is 5.65. The number of carbonyl (C=O) groups excluding carboxylic acids is 4. The molecule has 4 atom stereocenters. The fraction of sp³-hybridized carbons (Fsp3) is 0.533. The van der Waals surface area contributed by atoms with Gasteiger partial charge in [-0.15, -0.1) is 0 Å². The maximum Gasteiger partial charge on any atom is 0.243 e. The lowest BCUT2D eigenvalue weighted by Gasteiger charge is -2.34.